The van der Waals surface area contributed by atoms with Gasteiger partial charge in [-0.15, -0.1) is 0 Å². The first-order valence-electron chi connectivity index (χ1n) is 8.05. The highest BCUT2D eigenvalue weighted by Gasteiger charge is 2.08. The topological polar surface area (TPSA) is 25.8 Å². The molecule has 4 aromatic rings. The van der Waals surface area contributed by atoms with E-state index in [2.05, 4.69) is 69.4 Å². The molecule has 1 aromatic heterocycles. The Morgan fingerprint density at radius 2 is 1.04 bits per heavy atom. The fourth-order valence-electron chi connectivity index (χ4n) is 2.75. The molecule has 120 valence electrons. The van der Waals surface area contributed by atoms with Crippen molar-refractivity contribution in [2.45, 2.75) is 0 Å². The first kappa shape index (κ1) is 15.7. The van der Waals surface area contributed by atoms with Crippen LogP contribution in [0.1, 0.15) is 0 Å². The average Bonchev–Trinajstić information content (AvgIpc) is 2.69. The zero-order valence-corrected chi connectivity index (χ0v) is 15.0. The molecule has 0 saturated carbocycles. The predicted octanol–water partition coefficient (Wildman–Crippen LogP) is 6.24. The van der Waals surface area contributed by atoms with Crippen LogP contribution in [0.5, 0.6) is 0 Å². The van der Waals surface area contributed by atoms with Gasteiger partial charge < -0.3 is 0 Å². The molecule has 0 aliphatic rings. The van der Waals surface area contributed by atoms with E-state index in [1.165, 1.54) is 11.1 Å². The maximum absolute atomic E-state index is 4.74. The fourth-order valence-corrected chi connectivity index (χ4v) is 3.13. The Labute approximate surface area is 155 Å². The van der Waals surface area contributed by atoms with E-state index in [0.29, 0.717) is 0 Å². The largest absolute Gasteiger partial charge is 0.228 e. The third kappa shape index (κ3) is 3.52. The van der Waals surface area contributed by atoms with E-state index in [-0.39, 0.29) is 0 Å². The molecular weight excluding hydrogens is 372 g/mol. The summed E-state index contributed by atoms with van der Waals surface area (Å²) in [5.41, 5.74) is 5.38. The number of rotatable bonds is 3. The maximum Gasteiger partial charge on any atom is 0.161 e. The van der Waals surface area contributed by atoms with E-state index >= 15 is 0 Å². The van der Waals surface area contributed by atoms with Crippen LogP contribution in [0.4, 0.5) is 0 Å². The summed E-state index contributed by atoms with van der Waals surface area (Å²) in [5, 5.41) is 0. The molecule has 0 spiro atoms. The summed E-state index contributed by atoms with van der Waals surface area (Å²) in [6.45, 7) is 0. The zero-order chi connectivity index (χ0) is 17.1. The molecule has 0 bridgehead atoms. The second kappa shape index (κ2) is 6.99. The Bertz CT molecular complexity index is 981. The first-order valence-corrected chi connectivity index (χ1v) is 8.85. The lowest BCUT2D eigenvalue weighted by Crippen LogP contribution is -1.93. The van der Waals surface area contributed by atoms with E-state index in [0.717, 1.165) is 27.2 Å². The molecule has 0 unspecified atom stereocenters. The van der Waals surface area contributed by atoms with Crippen LogP contribution in [-0.2, 0) is 0 Å². The van der Waals surface area contributed by atoms with Gasteiger partial charge in [0.25, 0.3) is 0 Å². The Morgan fingerprint density at radius 3 is 1.68 bits per heavy atom. The standard InChI is InChI=1S/C22H15BrN2/c23-21-15-20(24-22(25-21)19-9-5-2-6-10-19)18-13-11-17(12-14-18)16-7-3-1-4-8-16/h1-15H. The van der Waals surface area contributed by atoms with Crippen molar-refractivity contribution in [1.29, 1.82) is 0 Å². The van der Waals surface area contributed by atoms with Crippen LogP contribution in [0.15, 0.2) is 95.6 Å². The normalized spacial score (nSPS) is 10.6. The van der Waals surface area contributed by atoms with Gasteiger partial charge in [0.2, 0.25) is 0 Å². The first-order chi connectivity index (χ1) is 12.3. The van der Waals surface area contributed by atoms with Gasteiger partial charge in [0.15, 0.2) is 5.82 Å². The predicted molar refractivity (Wildman–Crippen MR) is 106 cm³/mol. The van der Waals surface area contributed by atoms with Gasteiger partial charge in [0.05, 0.1) is 5.69 Å². The fraction of sp³-hybridized carbons (Fsp3) is 0. The molecule has 2 nitrogen and oxygen atoms in total. The van der Waals surface area contributed by atoms with Gasteiger partial charge >= 0.3 is 0 Å². The van der Waals surface area contributed by atoms with E-state index < -0.39 is 0 Å². The molecule has 0 aliphatic heterocycles. The second-order valence-electron chi connectivity index (χ2n) is 5.71. The van der Waals surface area contributed by atoms with Crippen molar-refractivity contribution in [3.63, 3.8) is 0 Å². The van der Waals surface area contributed by atoms with Crippen LogP contribution < -0.4 is 0 Å². The Morgan fingerprint density at radius 1 is 0.520 bits per heavy atom. The Hall–Kier alpha value is -2.78. The second-order valence-corrected chi connectivity index (χ2v) is 6.52. The van der Waals surface area contributed by atoms with E-state index in [1.54, 1.807) is 0 Å². The molecule has 0 amide bonds. The van der Waals surface area contributed by atoms with Gasteiger partial charge in [-0.3, -0.25) is 0 Å². The molecule has 3 aromatic carbocycles. The lowest BCUT2D eigenvalue weighted by Gasteiger charge is -2.07. The summed E-state index contributed by atoms with van der Waals surface area (Å²) >= 11 is 3.51. The highest BCUT2D eigenvalue weighted by molar-refractivity contribution is 9.10. The van der Waals surface area contributed by atoms with Gasteiger partial charge in [0, 0.05) is 11.1 Å². The van der Waals surface area contributed by atoms with Crippen molar-refractivity contribution < 1.29 is 0 Å². The highest BCUT2D eigenvalue weighted by Crippen LogP contribution is 2.27. The van der Waals surface area contributed by atoms with Crippen LogP contribution in [0, 0.1) is 0 Å². The minimum absolute atomic E-state index is 0.720. The molecule has 4 rings (SSSR count). The monoisotopic (exact) mass is 386 g/mol. The molecule has 3 heteroatoms. The maximum atomic E-state index is 4.74. The van der Waals surface area contributed by atoms with Crippen molar-refractivity contribution in [2.24, 2.45) is 0 Å². The zero-order valence-electron chi connectivity index (χ0n) is 13.4. The molecule has 0 N–H and O–H groups in total. The number of halogens is 1. The minimum Gasteiger partial charge on any atom is -0.228 e. The summed E-state index contributed by atoms with van der Waals surface area (Å²) in [7, 11) is 0. The lowest BCUT2D eigenvalue weighted by molar-refractivity contribution is 1.15. The third-order valence-electron chi connectivity index (χ3n) is 4.01. The smallest absolute Gasteiger partial charge is 0.161 e. The number of hydrogen-bond donors (Lipinski definition) is 0. The molecule has 0 saturated heterocycles. The van der Waals surface area contributed by atoms with Crippen molar-refractivity contribution >= 4 is 15.9 Å². The summed E-state index contributed by atoms with van der Waals surface area (Å²) < 4.78 is 0.781. The van der Waals surface area contributed by atoms with Crippen molar-refractivity contribution in [3.05, 3.63) is 95.6 Å². The van der Waals surface area contributed by atoms with E-state index in [1.807, 2.05) is 42.5 Å². The number of nitrogens with zero attached hydrogens (tertiary/aromatic N) is 2. The van der Waals surface area contributed by atoms with E-state index in [9.17, 15) is 0 Å². The van der Waals surface area contributed by atoms with Gasteiger partial charge in [-0.05, 0) is 33.1 Å². The van der Waals surface area contributed by atoms with Crippen LogP contribution in [0.3, 0.4) is 0 Å². The number of benzene rings is 3. The van der Waals surface area contributed by atoms with Gasteiger partial charge in [0.1, 0.15) is 4.60 Å². The average molecular weight is 387 g/mol. The molecule has 0 aliphatic carbocycles. The summed E-state index contributed by atoms with van der Waals surface area (Å²) in [6.07, 6.45) is 0. The molecule has 0 atom stereocenters. The number of aromatic nitrogens is 2. The lowest BCUT2D eigenvalue weighted by atomic mass is 10.0. The molecule has 0 radical (unpaired) electrons. The minimum atomic E-state index is 0.720. The van der Waals surface area contributed by atoms with Crippen LogP contribution >= 0.6 is 15.9 Å². The highest BCUT2D eigenvalue weighted by atomic mass is 79.9. The summed E-state index contributed by atoms with van der Waals surface area (Å²) in [4.78, 5) is 9.24. The number of hydrogen-bond acceptors (Lipinski definition) is 2. The summed E-state index contributed by atoms with van der Waals surface area (Å²) in [5.74, 6) is 0.720. The Balaban J connectivity index is 1.71. The van der Waals surface area contributed by atoms with E-state index in [4.69, 9.17) is 4.98 Å². The molecular formula is C22H15BrN2. The van der Waals surface area contributed by atoms with Gasteiger partial charge in [-0.2, -0.15) is 0 Å². The molecule has 1 heterocycles. The third-order valence-corrected chi connectivity index (χ3v) is 4.42. The Kier molecular flexibility index (Phi) is 4.40. The van der Waals surface area contributed by atoms with Gasteiger partial charge in [-0.1, -0.05) is 84.9 Å². The van der Waals surface area contributed by atoms with Crippen LogP contribution in [0.25, 0.3) is 33.8 Å². The van der Waals surface area contributed by atoms with Crippen molar-refractivity contribution in [1.82, 2.24) is 9.97 Å². The van der Waals surface area contributed by atoms with Crippen LogP contribution in [0.2, 0.25) is 0 Å². The summed E-state index contributed by atoms with van der Waals surface area (Å²) in [6, 6.07) is 30.8. The van der Waals surface area contributed by atoms with Gasteiger partial charge in [-0.25, -0.2) is 9.97 Å². The SMILES string of the molecule is Brc1cc(-c2ccc(-c3ccccc3)cc2)nc(-c2ccccc2)n1. The quantitative estimate of drug-likeness (QED) is 0.389. The molecule has 0 fully saturated rings. The van der Waals surface area contributed by atoms with Crippen molar-refractivity contribution in [2.75, 3.05) is 0 Å². The van der Waals surface area contributed by atoms with Crippen molar-refractivity contribution in [3.8, 4) is 33.8 Å². The molecule has 25 heavy (non-hydrogen) atoms. The van der Waals surface area contributed by atoms with Crippen LogP contribution in [-0.4, -0.2) is 9.97 Å².